The highest BCUT2D eigenvalue weighted by atomic mass is 32.1. The number of hydrogen-bond donors (Lipinski definition) is 0. The minimum Gasteiger partial charge on any atom is -0.457 e. The summed E-state index contributed by atoms with van der Waals surface area (Å²) in [5.74, 6) is 1.73. The minimum absolute atomic E-state index is 0.615. The van der Waals surface area contributed by atoms with Crippen LogP contribution < -0.4 is 9.64 Å². The van der Waals surface area contributed by atoms with E-state index in [1.807, 2.05) is 11.3 Å². The molecule has 1 aliphatic heterocycles. The van der Waals surface area contributed by atoms with E-state index in [9.17, 15) is 0 Å². The van der Waals surface area contributed by atoms with Crippen molar-refractivity contribution < 1.29 is 4.74 Å². The molecule has 0 bridgehead atoms. The second-order valence-electron chi connectivity index (χ2n) is 17.9. The summed E-state index contributed by atoms with van der Waals surface area (Å²) < 4.78 is 12.1. The molecule has 4 heteroatoms. The number of rotatable bonds is 4. The molecule has 67 heavy (non-hydrogen) atoms. The number of aromatic nitrogens is 1. The first-order valence-corrected chi connectivity index (χ1v) is 23.8. The Kier molecular flexibility index (Phi) is 7.58. The van der Waals surface area contributed by atoms with Gasteiger partial charge < -0.3 is 14.2 Å². The van der Waals surface area contributed by atoms with Crippen LogP contribution in [0.5, 0.6) is 11.5 Å². The van der Waals surface area contributed by atoms with Crippen LogP contribution in [0.15, 0.2) is 231 Å². The van der Waals surface area contributed by atoms with E-state index >= 15 is 0 Å². The molecule has 11 aromatic carbocycles. The van der Waals surface area contributed by atoms with Crippen LogP contribution in [-0.4, -0.2) is 4.57 Å². The Labute approximate surface area is 390 Å². The quantitative estimate of drug-likeness (QED) is 0.175. The number of hydrogen-bond acceptors (Lipinski definition) is 3. The molecule has 2 aromatic heterocycles. The maximum absolute atomic E-state index is 7.16. The van der Waals surface area contributed by atoms with E-state index in [4.69, 9.17) is 4.74 Å². The van der Waals surface area contributed by atoms with Crippen molar-refractivity contribution in [2.75, 3.05) is 4.90 Å². The maximum atomic E-state index is 7.16. The lowest BCUT2D eigenvalue weighted by Gasteiger charge is -2.45. The van der Waals surface area contributed by atoms with Gasteiger partial charge in [0, 0.05) is 70.6 Å². The van der Waals surface area contributed by atoms with Crippen molar-refractivity contribution in [2.24, 2.45) is 0 Å². The molecule has 3 heterocycles. The van der Waals surface area contributed by atoms with Gasteiger partial charge in [-0.05, 0) is 99.1 Å². The summed E-state index contributed by atoms with van der Waals surface area (Å²) in [4.78, 5) is 2.43. The summed E-state index contributed by atoms with van der Waals surface area (Å²) >= 11 is 1.85. The Hall–Kier alpha value is -8.44. The molecule has 0 fully saturated rings. The molecule has 1 atom stereocenters. The Morgan fingerprint density at radius 1 is 0.373 bits per heavy atom. The van der Waals surface area contributed by atoms with Gasteiger partial charge in [0.05, 0.1) is 22.1 Å². The van der Waals surface area contributed by atoms with Gasteiger partial charge in [-0.1, -0.05) is 164 Å². The molecular formula is C63H38N2OS. The fraction of sp³-hybridized carbons (Fsp3) is 0.0159. The van der Waals surface area contributed by atoms with E-state index in [1.54, 1.807) is 0 Å². The van der Waals surface area contributed by atoms with E-state index in [-0.39, 0.29) is 0 Å². The first kappa shape index (κ1) is 36.9. The predicted molar refractivity (Wildman–Crippen MR) is 281 cm³/mol. The maximum Gasteiger partial charge on any atom is 0.134 e. The first-order chi connectivity index (χ1) is 33.2. The fourth-order valence-electron chi connectivity index (χ4n) is 11.9. The Morgan fingerprint density at radius 2 is 0.985 bits per heavy atom. The second kappa shape index (κ2) is 13.8. The van der Waals surface area contributed by atoms with Crippen LogP contribution >= 0.6 is 11.3 Å². The fourth-order valence-corrected chi connectivity index (χ4v) is 13.0. The molecule has 0 saturated heterocycles. The summed E-state index contributed by atoms with van der Waals surface area (Å²) in [5, 5.41) is 9.96. The predicted octanol–water partition coefficient (Wildman–Crippen LogP) is 17.4. The summed E-state index contributed by atoms with van der Waals surface area (Å²) in [7, 11) is 0. The van der Waals surface area contributed by atoms with Gasteiger partial charge in [-0.25, -0.2) is 0 Å². The van der Waals surface area contributed by atoms with E-state index in [0.29, 0.717) is 0 Å². The van der Waals surface area contributed by atoms with Crippen molar-refractivity contribution >= 4 is 91.9 Å². The van der Waals surface area contributed by atoms with Gasteiger partial charge in [0.2, 0.25) is 0 Å². The summed E-state index contributed by atoms with van der Waals surface area (Å²) in [6, 6.07) is 85.0. The van der Waals surface area contributed by atoms with Crippen molar-refractivity contribution in [3.8, 4) is 28.3 Å². The number of fused-ring (bicyclic) bond motifs is 15. The molecule has 312 valence electrons. The number of nitrogens with zero attached hydrogens (tertiary/aromatic N) is 2. The van der Waals surface area contributed by atoms with Crippen LogP contribution in [0.25, 0.3) is 80.3 Å². The van der Waals surface area contributed by atoms with Crippen LogP contribution in [0.1, 0.15) is 22.3 Å². The topological polar surface area (TPSA) is 17.4 Å². The van der Waals surface area contributed by atoms with Crippen LogP contribution in [0.3, 0.4) is 0 Å². The van der Waals surface area contributed by atoms with Crippen LogP contribution in [0.2, 0.25) is 0 Å². The zero-order chi connectivity index (χ0) is 43.8. The monoisotopic (exact) mass is 870 g/mol. The van der Waals surface area contributed by atoms with Gasteiger partial charge in [-0.3, -0.25) is 0 Å². The van der Waals surface area contributed by atoms with Crippen molar-refractivity contribution in [1.82, 2.24) is 4.57 Å². The van der Waals surface area contributed by atoms with Gasteiger partial charge in [-0.2, -0.15) is 0 Å². The molecule has 1 aliphatic carbocycles. The van der Waals surface area contributed by atoms with Gasteiger partial charge >= 0.3 is 0 Å². The zero-order valence-corrected chi connectivity index (χ0v) is 37.0. The van der Waals surface area contributed by atoms with E-state index < -0.39 is 5.41 Å². The molecular weight excluding hydrogens is 833 g/mol. The highest BCUT2D eigenvalue weighted by Crippen LogP contribution is 2.61. The van der Waals surface area contributed by atoms with Crippen molar-refractivity contribution in [3.63, 3.8) is 0 Å². The number of benzene rings is 11. The molecule has 0 radical (unpaired) electrons. The largest absolute Gasteiger partial charge is 0.457 e. The first-order valence-electron chi connectivity index (χ1n) is 23.0. The number of para-hydroxylation sites is 2. The molecule has 1 spiro atoms. The normalized spacial score (nSPS) is 14.7. The molecule has 2 aliphatic rings. The lowest BCUT2D eigenvalue weighted by atomic mass is 9.58. The molecule has 3 nitrogen and oxygen atoms in total. The summed E-state index contributed by atoms with van der Waals surface area (Å²) in [6.07, 6.45) is 0. The number of anilines is 3. The number of thiophene rings is 1. The molecule has 0 N–H and O–H groups in total. The number of ether oxygens (including phenoxy) is 1. The Bertz CT molecular complexity index is 4220. The zero-order valence-electron chi connectivity index (χ0n) is 36.2. The van der Waals surface area contributed by atoms with Gasteiger partial charge in [0.1, 0.15) is 11.5 Å². The molecule has 13 aromatic rings. The van der Waals surface area contributed by atoms with Gasteiger partial charge in [0.25, 0.3) is 0 Å². The summed E-state index contributed by atoms with van der Waals surface area (Å²) in [5.41, 5.74) is 13.5. The van der Waals surface area contributed by atoms with Crippen molar-refractivity contribution in [1.29, 1.82) is 0 Å². The second-order valence-corrected chi connectivity index (χ2v) is 19.0. The third-order valence-corrected chi connectivity index (χ3v) is 15.7. The Morgan fingerprint density at radius 3 is 1.93 bits per heavy atom. The average Bonchev–Trinajstić information content (AvgIpc) is 3.92. The van der Waals surface area contributed by atoms with Crippen molar-refractivity contribution in [2.45, 2.75) is 5.41 Å². The van der Waals surface area contributed by atoms with Crippen LogP contribution in [0, 0.1) is 0 Å². The molecule has 0 amide bonds. The lowest BCUT2D eigenvalue weighted by Crippen LogP contribution is -2.36. The van der Waals surface area contributed by atoms with E-state index in [1.165, 1.54) is 91.5 Å². The highest BCUT2D eigenvalue weighted by Gasteiger charge is 2.49. The SMILES string of the molecule is c1ccc2c(c1)Oc1cc(N(c3ccc4c(c3)sc3ccccc34)c3ccc4c(c3)c3ccccc3n4-c3cccc4ccccc34)ccc1C21c2ccccc2-c2cccc3cccc1c23. The standard InChI is InChI=1S/C63H38N2OS/c1-2-18-44-39(14-1)15-13-27-55(44)65-56-26-8-4-20-46(56)50-36-41(32-35-57(50)65)64(43-30-33-48-47-21-5-10-29-60(47)67-61(48)38-43)42-31-34-53-59(37-42)66-58-28-9-7-24-52(58)63(53)51-23-6-3-19-45(51)49-22-11-16-40-17-12-25-54(63)62(40)49/h1-38H. The van der Waals surface area contributed by atoms with E-state index in [2.05, 4.69) is 240 Å². The van der Waals surface area contributed by atoms with Gasteiger partial charge in [-0.15, -0.1) is 11.3 Å². The van der Waals surface area contributed by atoms with Crippen molar-refractivity contribution in [3.05, 3.63) is 253 Å². The lowest BCUT2D eigenvalue weighted by molar-refractivity contribution is 0.435. The average molecular weight is 871 g/mol. The third kappa shape index (κ3) is 5.05. The van der Waals surface area contributed by atoms with Gasteiger partial charge in [0.15, 0.2) is 0 Å². The molecule has 1 unspecified atom stereocenters. The van der Waals surface area contributed by atoms with Crippen LogP contribution in [0.4, 0.5) is 17.1 Å². The smallest absolute Gasteiger partial charge is 0.134 e. The third-order valence-electron chi connectivity index (χ3n) is 14.6. The highest BCUT2D eigenvalue weighted by molar-refractivity contribution is 7.25. The molecule has 15 rings (SSSR count). The van der Waals surface area contributed by atoms with Crippen LogP contribution in [-0.2, 0) is 5.41 Å². The van der Waals surface area contributed by atoms with E-state index in [0.717, 1.165) is 39.7 Å². The minimum atomic E-state index is -0.615. The Balaban J connectivity index is 0.990. The molecule has 0 saturated carbocycles. The summed E-state index contributed by atoms with van der Waals surface area (Å²) in [6.45, 7) is 0.